The second-order valence-corrected chi connectivity index (χ2v) is 9.09. The van der Waals surface area contributed by atoms with Crippen LogP contribution < -0.4 is 5.43 Å². The van der Waals surface area contributed by atoms with E-state index in [-0.39, 0.29) is 11.4 Å². The molecule has 0 spiro atoms. The van der Waals surface area contributed by atoms with E-state index in [2.05, 4.69) is 17.0 Å². The second-order valence-electron chi connectivity index (χ2n) is 8.33. The number of aromatic nitrogens is 1. The predicted molar refractivity (Wildman–Crippen MR) is 137 cm³/mol. The Kier molecular flexibility index (Phi) is 8.83. The van der Waals surface area contributed by atoms with Crippen LogP contribution in [0.3, 0.4) is 0 Å². The minimum absolute atomic E-state index is 0.108. The molecule has 0 bridgehead atoms. The number of amides is 1. The molecule has 2 aromatic carbocycles. The Bertz CT molecular complexity index is 1230. The average Bonchev–Trinajstić information content (AvgIpc) is 2.82. The number of hydrogen-bond donors (Lipinski definition) is 0. The lowest BCUT2D eigenvalue weighted by Crippen LogP contribution is -2.30. The molecule has 1 heterocycles. The van der Waals surface area contributed by atoms with Crippen molar-refractivity contribution in [3.05, 3.63) is 80.1 Å². The van der Waals surface area contributed by atoms with E-state index in [1.165, 1.54) is 11.8 Å². The summed E-state index contributed by atoms with van der Waals surface area (Å²) >= 11 is 11.7. The van der Waals surface area contributed by atoms with Gasteiger partial charge in [0.2, 0.25) is 5.43 Å². The Morgan fingerprint density at radius 2 is 1.65 bits per heavy atom. The summed E-state index contributed by atoms with van der Waals surface area (Å²) in [6, 6.07) is 13.4. The third-order valence-corrected chi connectivity index (χ3v) is 6.13. The van der Waals surface area contributed by atoms with Crippen molar-refractivity contribution in [1.82, 2.24) is 9.47 Å². The summed E-state index contributed by atoms with van der Waals surface area (Å²) < 4.78 is 1.73. The number of pyridine rings is 1. The van der Waals surface area contributed by atoms with Gasteiger partial charge in [-0.05, 0) is 49.1 Å². The molecule has 0 N–H and O–H groups in total. The van der Waals surface area contributed by atoms with Crippen LogP contribution in [-0.4, -0.2) is 51.7 Å². The number of nitro groups is 1. The van der Waals surface area contributed by atoms with Crippen LogP contribution in [0.2, 0.25) is 0 Å². The zero-order valence-corrected chi connectivity index (χ0v) is 20.7. The van der Waals surface area contributed by atoms with Gasteiger partial charge in [-0.1, -0.05) is 30.3 Å². The molecule has 7 nitrogen and oxygen atoms in total. The van der Waals surface area contributed by atoms with Gasteiger partial charge < -0.3 is 9.47 Å². The Labute approximate surface area is 208 Å². The van der Waals surface area contributed by atoms with Gasteiger partial charge in [-0.3, -0.25) is 14.9 Å². The van der Waals surface area contributed by atoms with E-state index in [9.17, 15) is 19.7 Å². The van der Waals surface area contributed by atoms with Gasteiger partial charge in [0.15, 0.2) is 5.56 Å². The molecule has 9 heteroatoms. The van der Waals surface area contributed by atoms with Gasteiger partial charge in [0.05, 0.1) is 5.52 Å². The highest BCUT2D eigenvalue weighted by molar-refractivity contribution is 6.18. The zero-order valence-electron chi connectivity index (χ0n) is 19.2. The van der Waals surface area contributed by atoms with Crippen LogP contribution in [0, 0.1) is 10.1 Å². The fourth-order valence-electron chi connectivity index (χ4n) is 3.93. The lowest BCUT2D eigenvalue weighted by atomic mass is 10.00. The molecular weight excluding hydrogens is 477 g/mol. The minimum atomic E-state index is -1.39. The van der Waals surface area contributed by atoms with E-state index in [0.717, 1.165) is 37.2 Å². The summed E-state index contributed by atoms with van der Waals surface area (Å²) in [5, 5.41) is 11.3. The van der Waals surface area contributed by atoms with Crippen LogP contribution in [-0.2, 0) is 6.42 Å². The molecule has 3 aromatic rings. The highest BCUT2D eigenvalue weighted by Gasteiger charge is 2.25. The quantitative estimate of drug-likeness (QED) is 0.221. The van der Waals surface area contributed by atoms with Gasteiger partial charge in [-0.2, -0.15) is 0 Å². The first kappa shape index (κ1) is 25.9. The van der Waals surface area contributed by atoms with Crippen molar-refractivity contribution in [1.29, 1.82) is 0 Å². The molecular formula is C25H27Cl2N3O4. The van der Waals surface area contributed by atoms with Gasteiger partial charge in [-0.25, -0.2) is 4.79 Å². The Morgan fingerprint density at radius 3 is 2.21 bits per heavy atom. The average molecular weight is 504 g/mol. The maximum Gasteiger partial charge on any atom is 0.482 e. The number of carbonyl (C=O) groups excluding carboxylic acids is 1. The molecule has 0 radical (unpaired) electrons. The number of benzene rings is 2. The standard InChI is InChI=1S/C25H27Cl2N3O4/c1-17(2)29-16-22(25(32)30(33)34)24(31)21-8-7-20(15-23(21)29)19-5-3-18(4-6-19)9-12-28(13-10-26)14-11-27/h3-8,15-17H,9-14H2,1-2H3. The van der Waals surface area contributed by atoms with Gasteiger partial charge >= 0.3 is 5.91 Å². The molecule has 3 rings (SSSR count). The largest absolute Gasteiger partial charge is 0.482 e. The zero-order chi connectivity index (χ0) is 24.8. The van der Waals surface area contributed by atoms with Gasteiger partial charge in [0.1, 0.15) is 4.92 Å². The van der Waals surface area contributed by atoms with Crippen LogP contribution in [0.15, 0.2) is 53.5 Å². The molecule has 180 valence electrons. The molecule has 1 aromatic heterocycles. The highest BCUT2D eigenvalue weighted by Crippen LogP contribution is 2.26. The summed E-state index contributed by atoms with van der Waals surface area (Å²) in [5.41, 5.74) is 2.65. The van der Waals surface area contributed by atoms with Crippen LogP contribution in [0.4, 0.5) is 0 Å². The van der Waals surface area contributed by atoms with Crippen molar-refractivity contribution in [2.45, 2.75) is 26.3 Å². The van der Waals surface area contributed by atoms with Crippen molar-refractivity contribution in [2.75, 3.05) is 31.4 Å². The molecule has 0 aliphatic heterocycles. The molecule has 0 atom stereocenters. The van der Waals surface area contributed by atoms with Crippen molar-refractivity contribution in [3.8, 4) is 11.1 Å². The number of rotatable bonds is 10. The summed E-state index contributed by atoms with van der Waals surface area (Å²) in [4.78, 5) is 36.9. The monoisotopic (exact) mass is 503 g/mol. The van der Waals surface area contributed by atoms with Gasteiger partial charge in [-0.15, -0.1) is 23.2 Å². The highest BCUT2D eigenvalue weighted by atomic mass is 35.5. The lowest BCUT2D eigenvalue weighted by molar-refractivity contribution is -0.375. The molecule has 0 saturated heterocycles. The maximum atomic E-state index is 12.8. The number of alkyl halides is 2. The Hall–Kier alpha value is -2.74. The smallest absolute Gasteiger partial charge is 0.344 e. The molecule has 0 fully saturated rings. The lowest BCUT2D eigenvalue weighted by Gasteiger charge is -2.20. The summed E-state index contributed by atoms with van der Waals surface area (Å²) in [5.74, 6) is -0.251. The van der Waals surface area contributed by atoms with Crippen LogP contribution in [0.5, 0.6) is 0 Å². The summed E-state index contributed by atoms with van der Waals surface area (Å²) in [6.45, 7) is 6.26. The predicted octanol–water partition coefficient (Wildman–Crippen LogP) is 4.99. The summed E-state index contributed by atoms with van der Waals surface area (Å²) in [7, 11) is 0. The first-order valence-electron chi connectivity index (χ1n) is 11.1. The minimum Gasteiger partial charge on any atom is -0.344 e. The van der Waals surface area contributed by atoms with Crippen LogP contribution in [0.25, 0.3) is 22.0 Å². The fourth-order valence-corrected chi connectivity index (χ4v) is 4.41. The fraction of sp³-hybridized carbons (Fsp3) is 0.360. The molecule has 0 saturated carbocycles. The normalized spacial score (nSPS) is 11.5. The Morgan fingerprint density at radius 1 is 1.03 bits per heavy atom. The van der Waals surface area contributed by atoms with E-state index in [0.29, 0.717) is 17.3 Å². The molecule has 0 aliphatic rings. The van der Waals surface area contributed by atoms with Crippen LogP contribution in [0.1, 0.15) is 35.8 Å². The number of hydrogen-bond acceptors (Lipinski definition) is 5. The van der Waals surface area contributed by atoms with Crippen molar-refractivity contribution in [3.63, 3.8) is 0 Å². The molecule has 34 heavy (non-hydrogen) atoms. The summed E-state index contributed by atoms with van der Waals surface area (Å²) in [6.07, 6.45) is 2.17. The van der Waals surface area contributed by atoms with E-state index >= 15 is 0 Å². The van der Waals surface area contributed by atoms with Crippen molar-refractivity contribution >= 4 is 40.0 Å². The topological polar surface area (TPSA) is 85.5 Å². The second kappa shape index (κ2) is 11.6. The van der Waals surface area contributed by atoms with Gasteiger partial charge in [0.25, 0.3) is 0 Å². The van der Waals surface area contributed by atoms with Crippen molar-refractivity contribution < 1.29 is 9.72 Å². The first-order valence-corrected chi connectivity index (χ1v) is 12.1. The van der Waals surface area contributed by atoms with E-state index in [1.54, 1.807) is 16.7 Å². The third-order valence-electron chi connectivity index (χ3n) is 5.79. The maximum absolute atomic E-state index is 12.8. The number of fused-ring (bicyclic) bond motifs is 1. The van der Waals surface area contributed by atoms with E-state index < -0.39 is 21.8 Å². The van der Waals surface area contributed by atoms with Gasteiger partial charge in [0, 0.05) is 49.0 Å². The molecule has 1 amide bonds. The number of carbonyl (C=O) groups is 1. The number of nitrogens with zero attached hydrogens (tertiary/aromatic N) is 3. The molecule has 0 aliphatic carbocycles. The van der Waals surface area contributed by atoms with E-state index in [1.807, 2.05) is 32.0 Å². The third kappa shape index (κ3) is 5.84. The van der Waals surface area contributed by atoms with E-state index in [4.69, 9.17) is 23.2 Å². The Balaban J connectivity index is 1.93. The SMILES string of the molecule is CC(C)n1cc(C(=O)[N+](=O)[O-])c(=O)c2ccc(-c3ccc(CCN(CCCl)CCCl)cc3)cc21. The number of halogens is 2. The van der Waals surface area contributed by atoms with Crippen LogP contribution >= 0.6 is 23.2 Å². The first-order chi connectivity index (χ1) is 16.3. The van der Waals surface area contributed by atoms with Crippen molar-refractivity contribution in [2.24, 2.45) is 0 Å². The molecule has 0 unspecified atom stereocenters.